The lowest BCUT2D eigenvalue weighted by Crippen LogP contribution is -2.40. The summed E-state index contributed by atoms with van der Waals surface area (Å²) < 4.78 is 31.3. The van der Waals surface area contributed by atoms with Gasteiger partial charge in [-0.2, -0.15) is 0 Å². The van der Waals surface area contributed by atoms with Gasteiger partial charge in [-0.1, -0.05) is 6.08 Å². The molecule has 96 valence electrons. The van der Waals surface area contributed by atoms with Crippen molar-refractivity contribution in [2.75, 3.05) is 19.0 Å². The molecule has 0 atom stereocenters. The summed E-state index contributed by atoms with van der Waals surface area (Å²) in [4.78, 5) is 4.14. The van der Waals surface area contributed by atoms with Gasteiger partial charge in [-0.15, -0.1) is 6.58 Å². The molecule has 0 amide bonds. The molecule has 0 saturated carbocycles. The van der Waals surface area contributed by atoms with Crippen molar-refractivity contribution in [1.82, 2.24) is 4.72 Å². The predicted octanol–water partition coefficient (Wildman–Crippen LogP) is 0.941. The van der Waals surface area contributed by atoms with Crippen LogP contribution in [0.15, 0.2) is 40.7 Å². The molecule has 0 aromatic heterocycles. The lowest BCUT2D eigenvalue weighted by Gasteiger charge is -2.21. The first-order valence-electron chi connectivity index (χ1n) is 5.20. The van der Waals surface area contributed by atoms with Crippen molar-refractivity contribution < 1.29 is 13.2 Å². The molecule has 1 aliphatic heterocycles. The van der Waals surface area contributed by atoms with Gasteiger partial charge in [0.05, 0.1) is 19.3 Å². The third-order valence-corrected chi connectivity index (χ3v) is 3.72. The highest BCUT2D eigenvalue weighted by Crippen LogP contribution is 2.28. The van der Waals surface area contributed by atoms with Crippen molar-refractivity contribution in [3.63, 3.8) is 0 Å². The first-order chi connectivity index (χ1) is 8.56. The Bertz CT molecular complexity index is 608. The third-order valence-electron chi connectivity index (χ3n) is 2.34. The van der Waals surface area contributed by atoms with Gasteiger partial charge in [0.25, 0.3) is 10.0 Å². The van der Waals surface area contributed by atoms with E-state index in [-0.39, 0.29) is 10.9 Å². The standard InChI is InChI=1S/C11H13N3O3S/c1-3-6-12-11-13-9-5-4-8(17-2)7-10(9)18(15,16)14-11/h3-5,7H,1,6H2,2H3,(H2,12,13,14). The third kappa shape index (κ3) is 2.30. The summed E-state index contributed by atoms with van der Waals surface area (Å²) in [6.45, 7) is 3.85. The topological polar surface area (TPSA) is 79.8 Å². The van der Waals surface area contributed by atoms with Crippen LogP contribution in [-0.4, -0.2) is 28.0 Å². The Hall–Kier alpha value is -2.02. The Morgan fingerprint density at radius 1 is 1.50 bits per heavy atom. The highest BCUT2D eigenvalue weighted by Gasteiger charge is 2.26. The van der Waals surface area contributed by atoms with E-state index in [1.165, 1.54) is 13.2 Å². The largest absolute Gasteiger partial charge is 0.497 e. The van der Waals surface area contributed by atoms with Crippen LogP contribution in [0.2, 0.25) is 0 Å². The summed E-state index contributed by atoms with van der Waals surface area (Å²) in [5.41, 5.74) is 0.470. The molecule has 1 heterocycles. The fourth-order valence-electron chi connectivity index (χ4n) is 1.52. The van der Waals surface area contributed by atoms with Crippen LogP contribution in [0.1, 0.15) is 0 Å². The van der Waals surface area contributed by atoms with Crippen molar-refractivity contribution in [2.24, 2.45) is 4.99 Å². The van der Waals surface area contributed by atoms with Crippen molar-refractivity contribution >= 4 is 21.7 Å². The van der Waals surface area contributed by atoms with E-state index < -0.39 is 10.0 Å². The molecule has 2 rings (SSSR count). The summed E-state index contributed by atoms with van der Waals surface area (Å²) in [7, 11) is -2.13. The predicted molar refractivity (Wildman–Crippen MR) is 69.4 cm³/mol. The van der Waals surface area contributed by atoms with E-state index in [1.807, 2.05) is 0 Å². The smallest absolute Gasteiger partial charge is 0.266 e. The van der Waals surface area contributed by atoms with Crippen LogP contribution in [0.25, 0.3) is 0 Å². The van der Waals surface area contributed by atoms with Crippen LogP contribution in [0.4, 0.5) is 5.69 Å². The summed E-state index contributed by atoms with van der Waals surface area (Å²) in [5.74, 6) is 0.667. The molecule has 1 aliphatic rings. The lowest BCUT2D eigenvalue weighted by atomic mass is 10.3. The zero-order valence-electron chi connectivity index (χ0n) is 9.80. The zero-order chi connectivity index (χ0) is 13.2. The molecule has 0 aliphatic carbocycles. The number of rotatable bonds is 3. The molecule has 18 heavy (non-hydrogen) atoms. The van der Waals surface area contributed by atoms with E-state index in [0.29, 0.717) is 18.0 Å². The molecule has 0 saturated heterocycles. The normalized spacial score (nSPS) is 18.4. The fraction of sp³-hybridized carbons (Fsp3) is 0.182. The van der Waals surface area contributed by atoms with E-state index in [2.05, 4.69) is 21.6 Å². The molecule has 0 unspecified atom stereocenters. The summed E-state index contributed by atoms with van der Waals surface area (Å²) in [6.07, 6.45) is 1.58. The van der Waals surface area contributed by atoms with E-state index in [1.54, 1.807) is 18.2 Å². The Labute approximate surface area is 105 Å². The highest BCUT2D eigenvalue weighted by molar-refractivity contribution is 7.90. The molecular formula is C11H13N3O3S. The van der Waals surface area contributed by atoms with Gasteiger partial charge in [-0.25, -0.2) is 18.1 Å². The quantitative estimate of drug-likeness (QED) is 0.799. The molecule has 2 N–H and O–H groups in total. The second kappa shape index (κ2) is 4.69. The molecule has 0 bridgehead atoms. The molecular weight excluding hydrogens is 254 g/mol. The van der Waals surface area contributed by atoms with Crippen molar-refractivity contribution in [3.8, 4) is 5.75 Å². The number of anilines is 1. The number of nitrogens with one attached hydrogen (secondary N) is 2. The van der Waals surface area contributed by atoms with Gasteiger partial charge in [-0.05, 0) is 12.1 Å². The van der Waals surface area contributed by atoms with Crippen molar-refractivity contribution in [3.05, 3.63) is 30.9 Å². The van der Waals surface area contributed by atoms with E-state index in [0.717, 1.165) is 0 Å². The monoisotopic (exact) mass is 267 g/mol. The fourth-order valence-corrected chi connectivity index (χ4v) is 2.68. The van der Waals surface area contributed by atoms with Gasteiger partial charge in [0.15, 0.2) is 0 Å². The van der Waals surface area contributed by atoms with E-state index >= 15 is 0 Å². The molecule has 0 fully saturated rings. The number of guanidine groups is 1. The number of hydrogen-bond acceptors (Lipinski definition) is 4. The Morgan fingerprint density at radius 3 is 2.94 bits per heavy atom. The van der Waals surface area contributed by atoms with Crippen molar-refractivity contribution in [2.45, 2.75) is 4.90 Å². The second-order valence-corrected chi connectivity index (χ2v) is 5.22. The summed E-state index contributed by atoms with van der Waals surface area (Å²) >= 11 is 0. The second-order valence-electron chi connectivity index (χ2n) is 3.57. The number of sulfonamides is 1. The van der Waals surface area contributed by atoms with Gasteiger partial charge in [-0.3, -0.25) is 0 Å². The van der Waals surface area contributed by atoms with Crippen LogP contribution < -0.4 is 14.8 Å². The first-order valence-corrected chi connectivity index (χ1v) is 6.68. The average Bonchev–Trinajstić information content (AvgIpc) is 2.35. The van der Waals surface area contributed by atoms with Gasteiger partial charge in [0.1, 0.15) is 10.6 Å². The first kappa shape index (κ1) is 12.4. The SMILES string of the molecule is C=CCN=C1Nc2ccc(OC)cc2S(=O)(=O)N1. The Kier molecular flexibility index (Phi) is 3.24. The number of methoxy groups -OCH3 is 1. The van der Waals surface area contributed by atoms with Crippen LogP contribution >= 0.6 is 0 Å². The zero-order valence-corrected chi connectivity index (χ0v) is 10.6. The molecule has 1 aromatic rings. The van der Waals surface area contributed by atoms with Gasteiger partial charge in [0, 0.05) is 6.07 Å². The number of fused-ring (bicyclic) bond motifs is 1. The number of nitrogens with zero attached hydrogens (tertiary/aromatic N) is 1. The van der Waals surface area contributed by atoms with Crippen LogP contribution in [0.5, 0.6) is 5.75 Å². The van der Waals surface area contributed by atoms with Gasteiger partial charge < -0.3 is 10.1 Å². The molecule has 6 nitrogen and oxygen atoms in total. The molecule has 1 aromatic carbocycles. The van der Waals surface area contributed by atoms with Gasteiger partial charge in [0.2, 0.25) is 5.96 Å². The van der Waals surface area contributed by atoms with E-state index in [9.17, 15) is 8.42 Å². The number of aliphatic imine (C=N–C) groups is 1. The van der Waals surface area contributed by atoms with Crippen molar-refractivity contribution in [1.29, 1.82) is 0 Å². The number of benzene rings is 1. The van der Waals surface area contributed by atoms with Gasteiger partial charge >= 0.3 is 0 Å². The van der Waals surface area contributed by atoms with Crippen LogP contribution in [0.3, 0.4) is 0 Å². The highest BCUT2D eigenvalue weighted by atomic mass is 32.2. The maximum atomic E-state index is 12.0. The van der Waals surface area contributed by atoms with Crippen LogP contribution in [0, 0.1) is 0 Å². The maximum Gasteiger partial charge on any atom is 0.266 e. The Morgan fingerprint density at radius 2 is 2.28 bits per heavy atom. The lowest BCUT2D eigenvalue weighted by molar-refractivity contribution is 0.413. The number of ether oxygens (including phenoxy) is 1. The van der Waals surface area contributed by atoms with Crippen LogP contribution in [-0.2, 0) is 10.0 Å². The van der Waals surface area contributed by atoms with E-state index in [4.69, 9.17) is 4.74 Å². The maximum absolute atomic E-state index is 12.0. The average molecular weight is 267 g/mol. The molecule has 7 heteroatoms. The minimum absolute atomic E-state index is 0.138. The minimum Gasteiger partial charge on any atom is -0.497 e. The summed E-state index contributed by atoms with van der Waals surface area (Å²) in [5, 5.41) is 2.90. The molecule has 0 spiro atoms. The number of hydrogen-bond donors (Lipinski definition) is 2. The minimum atomic E-state index is -3.61. The Balaban J connectivity index is 2.46. The summed E-state index contributed by atoms with van der Waals surface area (Å²) in [6, 6.07) is 4.77. The molecule has 0 radical (unpaired) electrons.